The second-order valence-electron chi connectivity index (χ2n) is 7.59. The Labute approximate surface area is 177 Å². The summed E-state index contributed by atoms with van der Waals surface area (Å²) in [4.78, 5) is 11.4. The number of hydrogen-bond acceptors (Lipinski definition) is 7. The van der Waals surface area contributed by atoms with Crippen molar-refractivity contribution in [3.05, 3.63) is 42.2 Å². The highest BCUT2D eigenvalue weighted by molar-refractivity contribution is 7.89. The Hall–Kier alpha value is -2.23. The van der Waals surface area contributed by atoms with Gasteiger partial charge in [-0.25, -0.2) is 18.4 Å². The van der Waals surface area contributed by atoms with E-state index in [4.69, 9.17) is 9.47 Å². The van der Waals surface area contributed by atoms with Crippen molar-refractivity contribution >= 4 is 16.0 Å². The zero-order chi connectivity index (χ0) is 21.1. The maximum Gasteiger partial charge on any atom is 0.247 e. The Balaban J connectivity index is 1.65. The summed E-state index contributed by atoms with van der Waals surface area (Å²) in [5, 5.41) is 0. The average molecular weight is 433 g/mol. The minimum absolute atomic E-state index is 0.226. The second kappa shape index (κ2) is 8.87. The lowest BCUT2D eigenvalue weighted by Crippen LogP contribution is -2.48. The fourth-order valence-electron chi connectivity index (χ4n) is 4.12. The molecule has 0 bridgehead atoms. The van der Waals surface area contributed by atoms with Gasteiger partial charge in [0.25, 0.3) is 0 Å². The fraction of sp³-hybridized carbons (Fsp3) is 0.524. The predicted octanol–water partition coefficient (Wildman–Crippen LogP) is 2.11. The molecule has 2 aromatic rings. The van der Waals surface area contributed by atoms with E-state index in [1.165, 1.54) is 0 Å². The standard InChI is InChI=1S/C21H28N4O4S/c1-3-16-14-22-21(23-15-16)24-10-8-17-18(9-11-24)29-19-6-4-5-7-20(19)30(26,27)25(17)12-13-28-2/h4-7,14-15,17-18H,3,8-13H2,1-2H3/t17-,18-/m1/s1. The lowest BCUT2D eigenvalue weighted by molar-refractivity contribution is 0.0960. The molecule has 0 aliphatic carbocycles. The molecule has 0 spiro atoms. The molecule has 0 N–H and O–H groups in total. The number of methoxy groups -OCH3 is 1. The van der Waals surface area contributed by atoms with Crippen molar-refractivity contribution in [2.75, 3.05) is 38.3 Å². The highest BCUT2D eigenvalue weighted by Crippen LogP contribution is 2.36. The molecule has 9 heteroatoms. The number of benzene rings is 1. The number of aromatic nitrogens is 2. The van der Waals surface area contributed by atoms with E-state index in [9.17, 15) is 8.42 Å². The molecule has 162 valence electrons. The van der Waals surface area contributed by atoms with Gasteiger partial charge in [0.1, 0.15) is 16.7 Å². The van der Waals surface area contributed by atoms with Gasteiger partial charge in [-0.2, -0.15) is 4.31 Å². The number of fused-ring (bicyclic) bond motifs is 2. The Kier molecular flexibility index (Phi) is 6.21. The topological polar surface area (TPSA) is 84.9 Å². The van der Waals surface area contributed by atoms with Crippen molar-refractivity contribution in [2.45, 2.75) is 43.2 Å². The van der Waals surface area contributed by atoms with Crippen molar-refractivity contribution in [3.63, 3.8) is 0 Å². The van der Waals surface area contributed by atoms with Crippen molar-refractivity contribution < 1.29 is 17.9 Å². The minimum Gasteiger partial charge on any atom is -0.487 e. The van der Waals surface area contributed by atoms with Gasteiger partial charge in [-0.1, -0.05) is 19.1 Å². The number of anilines is 1. The summed E-state index contributed by atoms with van der Waals surface area (Å²) in [7, 11) is -2.11. The third-order valence-electron chi connectivity index (χ3n) is 5.79. The first kappa shape index (κ1) is 21.0. The number of hydrogen-bond donors (Lipinski definition) is 0. The van der Waals surface area contributed by atoms with E-state index >= 15 is 0 Å². The Morgan fingerprint density at radius 3 is 2.63 bits per heavy atom. The largest absolute Gasteiger partial charge is 0.487 e. The summed E-state index contributed by atoms with van der Waals surface area (Å²) in [6, 6.07) is 6.61. The number of ether oxygens (including phenoxy) is 2. The van der Waals surface area contributed by atoms with Crippen LogP contribution in [-0.2, 0) is 21.2 Å². The molecule has 30 heavy (non-hydrogen) atoms. The Bertz CT molecular complexity index is 967. The quantitative estimate of drug-likeness (QED) is 0.715. The van der Waals surface area contributed by atoms with Crippen molar-refractivity contribution in [1.82, 2.24) is 14.3 Å². The number of sulfonamides is 1. The molecule has 1 aromatic carbocycles. The first-order valence-corrected chi connectivity index (χ1v) is 11.8. The molecular formula is C21H28N4O4S. The fourth-order valence-corrected chi connectivity index (χ4v) is 5.90. The van der Waals surface area contributed by atoms with Crippen LogP contribution in [0.15, 0.2) is 41.6 Å². The predicted molar refractivity (Wildman–Crippen MR) is 113 cm³/mol. The number of para-hydroxylation sites is 1. The van der Waals surface area contributed by atoms with E-state index < -0.39 is 10.0 Å². The van der Waals surface area contributed by atoms with Crippen LogP contribution in [0.25, 0.3) is 0 Å². The molecule has 0 amide bonds. The number of aryl methyl sites for hydroxylation is 1. The SMILES string of the molecule is CCc1cnc(N2CC[C@@H]3[C@@H](CC2)Oc2ccccc2S(=O)(=O)N3CCOC)nc1. The Morgan fingerprint density at radius 1 is 1.17 bits per heavy atom. The van der Waals surface area contributed by atoms with Crippen molar-refractivity contribution in [1.29, 1.82) is 0 Å². The minimum atomic E-state index is -3.69. The smallest absolute Gasteiger partial charge is 0.247 e. The van der Waals surface area contributed by atoms with Crippen LogP contribution in [0.5, 0.6) is 5.75 Å². The average Bonchev–Trinajstić information content (AvgIpc) is 3.01. The lowest BCUT2D eigenvalue weighted by atomic mass is 10.1. The molecule has 3 heterocycles. The van der Waals surface area contributed by atoms with Gasteiger partial charge in [0.2, 0.25) is 16.0 Å². The maximum atomic E-state index is 13.5. The van der Waals surface area contributed by atoms with E-state index in [1.807, 2.05) is 12.4 Å². The van der Waals surface area contributed by atoms with Gasteiger partial charge in [0.05, 0.1) is 12.6 Å². The highest BCUT2D eigenvalue weighted by atomic mass is 32.2. The van der Waals surface area contributed by atoms with Crippen LogP contribution < -0.4 is 9.64 Å². The molecule has 2 aliphatic heterocycles. The number of nitrogens with zero attached hydrogens (tertiary/aromatic N) is 4. The molecule has 1 saturated heterocycles. The zero-order valence-corrected chi connectivity index (χ0v) is 18.2. The summed E-state index contributed by atoms with van der Waals surface area (Å²) in [6.45, 7) is 4.05. The Morgan fingerprint density at radius 2 is 1.90 bits per heavy atom. The molecule has 0 radical (unpaired) electrons. The van der Waals surface area contributed by atoms with Crippen molar-refractivity contribution in [2.24, 2.45) is 0 Å². The highest BCUT2D eigenvalue weighted by Gasteiger charge is 2.43. The molecule has 4 rings (SSSR count). The summed E-state index contributed by atoms with van der Waals surface area (Å²) in [5.74, 6) is 1.10. The van der Waals surface area contributed by atoms with E-state index in [1.54, 1.807) is 35.7 Å². The number of rotatable bonds is 5. The molecule has 8 nitrogen and oxygen atoms in total. The molecule has 0 unspecified atom stereocenters. The monoisotopic (exact) mass is 432 g/mol. The molecule has 2 aliphatic rings. The van der Waals surface area contributed by atoms with Gasteiger partial charge < -0.3 is 14.4 Å². The first-order valence-electron chi connectivity index (χ1n) is 10.4. The summed E-state index contributed by atoms with van der Waals surface area (Å²) in [5.41, 5.74) is 1.09. The van der Waals surface area contributed by atoms with Gasteiger partial charge >= 0.3 is 0 Å². The molecule has 1 aromatic heterocycles. The lowest BCUT2D eigenvalue weighted by Gasteiger charge is -2.31. The van der Waals surface area contributed by atoms with Crippen LogP contribution >= 0.6 is 0 Å². The van der Waals surface area contributed by atoms with Crippen LogP contribution in [0.2, 0.25) is 0 Å². The normalized spacial score (nSPS) is 23.6. The van der Waals surface area contributed by atoms with Gasteiger partial charge in [0, 0.05) is 45.6 Å². The second-order valence-corrected chi connectivity index (χ2v) is 9.45. The van der Waals surface area contributed by atoms with Gasteiger partial charge in [0.15, 0.2) is 0 Å². The van der Waals surface area contributed by atoms with Gasteiger partial charge in [-0.3, -0.25) is 0 Å². The van der Waals surface area contributed by atoms with Crippen LogP contribution in [0, 0.1) is 0 Å². The first-order chi connectivity index (χ1) is 14.5. The van der Waals surface area contributed by atoms with Gasteiger partial charge in [-0.15, -0.1) is 0 Å². The summed E-state index contributed by atoms with van der Waals surface area (Å²) < 4.78 is 40.0. The van der Waals surface area contributed by atoms with Crippen molar-refractivity contribution in [3.8, 4) is 5.75 Å². The third kappa shape index (κ3) is 4.01. The maximum absolute atomic E-state index is 13.5. The molecular weight excluding hydrogens is 404 g/mol. The van der Waals surface area contributed by atoms with E-state index in [-0.39, 0.29) is 17.0 Å². The summed E-state index contributed by atoms with van der Waals surface area (Å²) >= 11 is 0. The zero-order valence-electron chi connectivity index (χ0n) is 17.4. The van der Waals surface area contributed by atoms with E-state index in [2.05, 4.69) is 21.8 Å². The van der Waals surface area contributed by atoms with E-state index in [0.717, 1.165) is 12.0 Å². The van der Waals surface area contributed by atoms with E-state index in [0.29, 0.717) is 50.8 Å². The molecule has 0 saturated carbocycles. The van der Waals surface area contributed by atoms with Crippen LogP contribution in [-0.4, -0.2) is 68.2 Å². The van der Waals surface area contributed by atoms with Crippen LogP contribution in [0.4, 0.5) is 5.95 Å². The van der Waals surface area contributed by atoms with Crippen LogP contribution in [0.3, 0.4) is 0 Å². The molecule has 1 fully saturated rings. The molecule has 2 atom stereocenters. The third-order valence-corrected chi connectivity index (χ3v) is 7.75. The van der Waals surface area contributed by atoms with Gasteiger partial charge in [-0.05, 0) is 30.5 Å². The summed E-state index contributed by atoms with van der Waals surface area (Å²) in [6.07, 6.45) is 5.66. The van der Waals surface area contributed by atoms with Crippen LogP contribution in [0.1, 0.15) is 25.3 Å².